The van der Waals surface area contributed by atoms with Gasteiger partial charge in [-0.05, 0) is 5.92 Å². The second-order valence-electron chi connectivity index (χ2n) is 2.18. The molecule has 1 saturated heterocycles. The molecule has 2 unspecified atom stereocenters. The van der Waals surface area contributed by atoms with Crippen LogP contribution in [0, 0.1) is 5.92 Å². The van der Waals surface area contributed by atoms with E-state index in [1.54, 1.807) is 0 Å². The first-order valence-corrected chi connectivity index (χ1v) is 2.64. The van der Waals surface area contributed by atoms with E-state index in [9.17, 15) is 0 Å². The normalized spacial score (nSPS) is 36.8. The summed E-state index contributed by atoms with van der Waals surface area (Å²) in [5.74, 6) is 0.569. The van der Waals surface area contributed by atoms with Crippen molar-refractivity contribution in [2.75, 3.05) is 13.2 Å². The Morgan fingerprint density at radius 1 is 1.50 bits per heavy atom. The highest BCUT2D eigenvalue weighted by molar-refractivity contribution is 5.85. The lowest BCUT2D eigenvalue weighted by Gasteiger charge is -2.02. The summed E-state index contributed by atoms with van der Waals surface area (Å²) in [5, 5.41) is 0. The van der Waals surface area contributed by atoms with Gasteiger partial charge in [0.25, 0.3) is 0 Å². The predicted octanol–water partition coefficient (Wildman–Crippen LogP) is 0.402. The Bertz CT molecular complexity index is 61.4. The number of hydrogen-bond donors (Lipinski definition) is 1. The minimum absolute atomic E-state index is 0. The van der Waals surface area contributed by atoms with Crippen LogP contribution in [0.1, 0.15) is 6.92 Å². The molecule has 1 aliphatic heterocycles. The summed E-state index contributed by atoms with van der Waals surface area (Å²) in [6.45, 7) is 3.71. The Kier molecular flexibility index (Phi) is 3.36. The quantitative estimate of drug-likeness (QED) is 0.525. The third-order valence-electron chi connectivity index (χ3n) is 1.42. The van der Waals surface area contributed by atoms with Crippen molar-refractivity contribution < 1.29 is 4.74 Å². The van der Waals surface area contributed by atoms with E-state index < -0.39 is 0 Å². The summed E-state index contributed by atoms with van der Waals surface area (Å²) in [7, 11) is 0. The van der Waals surface area contributed by atoms with Gasteiger partial charge in [-0.1, -0.05) is 6.92 Å². The van der Waals surface area contributed by atoms with Gasteiger partial charge >= 0.3 is 0 Å². The van der Waals surface area contributed by atoms with Crippen LogP contribution in [0.15, 0.2) is 0 Å². The van der Waals surface area contributed by atoms with Crippen LogP contribution >= 0.6 is 12.4 Å². The highest BCUT2D eigenvalue weighted by Gasteiger charge is 2.18. The minimum atomic E-state index is 0. The molecule has 2 nitrogen and oxygen atoms in total. The van der Waals surface area contributed by atoms with Gasteiger partial charge in [0, 0.05) is 6.04 Å². The smallest absolute Gasteiger partial charge is 0.0621 e. The molecule has 1 fully saturated rings. The molecule has 0 saturated carbocycles. The number of nitrogens with two attached hydrogens (primary N) is 1. The minimum Gasteiger partial charge on any atom is -0.379 e. The molecule has 0 amide bonds. The fourth-order valence-corrected chi connectivity index (χ4v) is 0.678. The SMILES string of the molecule is CC1COCC1N.Cl. The number of halogens is 1. The first-order chi connectivity index (χ1) is 3.30. The number of ether oxygens (including phenoxy) is 1. The molecule has 0 aliphatic carbocycles. The van der Waals surface area contributed by atoms with Crippen LogP contribution < -0.4 is 5.73 Å². The standard InChI is InChI=1S/C5H11NO.ClH/c1-4-2-7-3-5(4)6;/h4-5H,2-3,6H2,1H3;1H. The Morgan fingerprint density at radius 3 is 2.25 bits per heavy atom. The monoisotopic (exact) mass is 137 g/mol. The highest BCUT2D eigenvalue weighted by Crippen LogP contribution is 2.08. The molecule has 3 heteroatoms. The molecule has 0 aromatic heterocycles. The lowest BCUT2D eigenvalue weighted by atomic mass is 10.1. The van der Waals surface area contributed by atoms with Gasteiger partial charge in [-0.15, -0.1) is 12.4 Å². The Labute approximate surface area is 55.8 Å². The van der Waals surface area contributed by atoms with Crippen molar-refractivity contribution in [2.45, 2.75) is 13.0 Å². The highest BCUT2D eigenvalue weighted by atomic mass is 35.5. The van der Waals surface area contributed by atoms with E-state index in [1.165, 1.54) is 0 Å². The molecule has 50 valence electrons. The molecule has 0 bridgehead atoms. The first kappa shape index (κ1) is 8.21. The molecule has 1 heterocycles. The molecule has 0 spiro atoms. The molecular formula is C5H12ClNO. The largest absolute Gasteiger partial charge is 0.379 e. The average molecular weight is 138 g/mol. The van der Waals surface area contributed by atoms with E-state index in [1.807, 2.05) is 0 Å². The Morgan fingerprint density at radius 2 is 2.12 bits per heavy atom. The summed E-state index contributed by atoms with van der Waals surface area (Å²) in [4.78, 5) is 0. The van der Waals surface area contributed by atoms with Gasteiger partial charge in [-0.2, -0.15) is 0 Å². The van der Waals surface area contributed by atoms with E-state index in [2.05, 4.69) is 6.92 Å². The van der Waals surface area contributed by atoms with Crippen LogP contribution in [0.3, 0.4) is 0 Å². The zero-order valence-electron chi connectivity index (χ0n) is 4.96. The van der Waals surface area contributed by atoms with E-state index >= 15 is 0 Å². The van der Waals surface area contributed by atoms with Gasteiger partial charge < -0.3 is 10.5 Å². The van der Waals surface area contributed by atoms with Crippen LogP contribution in [-0.4, -0.2) is 19.3 Å². The van der Waals surface area contributed by atoms with Crippen molar-refractivity contribution in [3.63, 3.8) is 0 Å². The van der Waals surface area contributed by atoms with Gasteiger partial charge in [0.15, 0.2) is 0 Å². The number of hydrogen-bond acceptors (Lipinski definition) is 2. The molecule has 1 aliphatic rings. The lowest BCUT2D eigenvalue weighted by molar-refractivity contribution is 0.186. The summed E-state index contributed by atoms with van der Waals surface area (Å²) in [6, 6.07) is 0.292. The Balaban J connectivity index is 0.000000490. The summed E-state index contributed by atoms with van der Waals surface area (Å²) in [5.41, 5.74) is 5.55. The lowest BCUT2D eigenvalue weighted by Crippen LogP contribution is -2.25. The summed E-state index contributed by atoms with van der Waals surface area (Å²) < 4.78 is 5.04. The second kappa shape index (κ2) is 3.28. The van der Waals surface area contributed by atoms with E-state index in [-0.39, 0.29) is 12.4 Å². The third kappa shape index (κ3) is 1.62. The van der Waals surface area contributed by atoms with E-state index in [0.29, 0.717) is 12.0 Å². The molecule has 0 aromatic rings. The zero-order chi connectivity index (χ0) is 5.28. The molecular weight excluding hydrogens is 126 g/mol. The first-order valence-electron chi connectivity index (χ1n) is 2.64. The van der Waals surface area contributed by atoms with Crippen molar-refractivity contribution in [3.05, 3.63) is 0 Å². The molecule has 2 N–H and O–H groups in total. The topological polar surface area (TPSA) is 35.2 Å². The van der Waals surface area contributed by atoms with Crippen LogP contribution in [0.5, 0.6) is 0 Å². The molecule has 1 rings (SSSR count). The van der Waals surface area contributed by atoms with Gasteiger partial charge in [0.1, 0.15) is 0 Å². The Hall–Kier alpha value is 0.210. The van der Waals surface area contributed by atoms with Crippen molar-refractivity contribution in [1.82, 2.24) is 0 Å². The van der Waals surface area contributed by atoms with Gasteiger partial charge in [-0.3, -0.25) is 0 Å². The molecule has 8 heavy (non-hydrogen) atoms. The molecule has 0 radical (unpaired) electrons. The third-order valence-corrected chi connectivity index (χ3v) is 1.42. The van der Waals surface area contributed by atoms with E-state index in [4.69, 9.17) is 10.5 Å². The zero-order valence-corrected chi connectivity index (χ0v) is 5.78. The van der Waals surface area contributed by atoms with Crippen LogP contribution in [-0.2, 0) is 4.74 Å². The second-order valence-corrected chi connectivity index (χ2v) is 2.18. The summed E-state index contributed by atoms with van der Waals surface area (Å²) >= 11 is 0. The maximum absolute atomic E-state index is 5.55. The van der Waals surface area contributed by atoms with Gasteiger partial charge in [0.05, 0.1) is 13.2 Å². The van der Waals surface area contributed by atoms with Crippen LogP contribution in [0.2, 0.25) is 0 Å². The van der Waals surface area contributed by atoms with Crippen LogP contribution in [0.4, 0.5) is 0 Å². The van der Waals surface area contributed by atoms with Crippen molar-refractivity contribution in [1.29, 1.82) is 0 Å². The van der Waals surface area contributed by atoms with Gasteiger partial charge in [-0.25, -0.2) is 0 Å². The number of rotatable bonds is 0. The average Bonchev–Trinajstić information content (AvgIpc) is 1.91. The van der Waals surface area contributed by atoms with Crippen molar-refractivity contribution in [3.8, 4) is 0 Å². The fraction of sp³-hybridized carbons (Fsp3) is 1.00. The fourth-order valence-electron chi connectivity index (χ4n) is 0.678. The van der Waals surface area contributed by atoms with Crippen molar-refractivity contribution in [2.24, 2.45) is 11.7 Å². The van der Waals surface area contributed by atoms with E-state index in [0.717, 1.165) is 13.2 Å². The molecule has 0 aromatic carbocycles. The molecule has 2 atom stereocenters. The maximum Gasteiger partial charge on any atom is 0.0621 e. The maximum atomic E-state index is 5.55. The van der Waals surface area contributed by atoms with Crippen molar-refractivity contribution >= 4 is 12.4 Å². The summed E-state index contributed by atoms with van der Waals surface area (Å²) in [6.07, 6.45) is 0. The predicted molar refractivity (Wildman–Crippen MR) is 35.2 cm³/mol. The van der Waals surface area contributed by atoms with Crippen LogP contribution in [0.25, 0.3) is 0 Å². The van der Waals surface area contributed by atoms with Gasteiger partial charge in [0.2, 0.25) is 0 Å².